The molecule has 1 aromatic carbocycles. The second-order valence-electron chi connectivity index (χ2n) is 4.92. The molecule has 4 heteroatoms. The van der Waals surface area contributed by atoms with Gasteiger partial charge in [-0.05, 0) is 30.7 Å². The zero-order valence-electron chi connectivity index (χ0n) is 11.4. The molecule has 2 N–H and O–H groups in total. The summed E-state index contributed by atoms with van der Waals surface area (Å²) in [6.45, 7) is 8.06. The van der Waals surface area contributed by atoms with Crippen molar-refractivity contribution in [3.8, 4) is 0 Å². The highest BCUT2D eigenvalue weighted by Crippen LogP contribution is 2.20. The van der Waals surface area contributed by atoms with Crippen molar-refractivity contribution >= 4 is 11.4 Å². The van der Waals surface area contributed by atoms with E-state index in [1.54, 1.807) is 0 Å². The molecule has 100 valence electrons. The van der Waals surface area contributed by atoms with E-state index in [-0.39, 0.29) is 0 Å². The van der Waals surface area contributed by atoms with Gasteiger partial charge in [-0.25, -0.2) is 0 Å². The second kappa shape index (κ2) is 6.07. The van der Waals surface area contributed by atoms with E-state index >= 15 is 0 Å². The third-order valence-electron chi connectivity index (χ3n) is 3.49. The van der Waals surface area contributed by atoms with Gasteiger partial charge in [0.25, 0.3) is 0 Å². The van der Waals surface area contributed by atoms with E-state index in [1.807, 2.05) is 12.1 Å². The lowest BCUT2D eigenvalue weighted by molar-refractivity contribution is 0.0393. The molecule has 4 nitrogen and oxygen atoms in total. The molecule has 0 spiro atoms. The Balaban J connectivity index is 1.88. The third-order valence-corrected chi connectivity index (χ3v) is 3.49. The van der Waals surface area contributed by atoms with E-state index in [0.29, 0.717) is 0 Å². The Hall–Kier alpha value is -1.26. The van der Waals surface area contributed by atoms with E-state index in [9.17, 15) is 0 Å². The van der Waals surface area contributed by atoms with Crippen molar-refractivity contribution in [3.63, 3.8) is 0 Å². The molecule has 0 radical (unpaired) electrons. The first-order valence-electron chi connectivity index (χ1n) is 6.54. The fourth-order valence-corrected chi connectivity index (χ4v) is 2.34. The number of benzene rings is 1. The van der Waals surface area contributed by atoms with E-state index < -0.39 is 0 Å². The van der Waals surface area contributed by atoms with E-state index in [2.05, 4.69) is 29.8 Å². The zero-order valence-corrected chi connectivity index (χ0v) is 11.4. The molecular weight excluding hydrogens is 226 g/mol. The molecule has 0 atom stereocenters. The van der Waals surface area contributed by atoms with Crippen molar-refractivity contribution < 1.29 is 4.74 Å². The average molecular weight is 249 g/mol. The highest BCUT2D eigenvalue weighted by atomic mass is 16.5. The molecule has 2 rings (SSSR count). The molecule has 0 unspecified atom stereocenters. The molecule has 0 amide bonds. The van der Waals surface area contributed by atoms with Gasteiger partial charge in [0.2, 0.25) is 0 Å². The Morgan fingerprint density at radius 3 is 2.72 bits per heavy atom. The van der Waals surface area contributed by atoms with E-state index in [0.717, 1.165) is 45.1 Å². The van der Waals surface area contributed by atoms with Gasteiger partial charge in [-0.3, -0.25) is 4.90 Å². The van der Waals surface area contributed by atoms with E-state index in [1.165, 1.54) is 11.3 Å². The first-order valence-corrected chi connectivity index (χ1v) is 6.54. The Kier molecular flexibility index (Phi) is 4.44. The van der Waals surface area contributed by atoms with Gasteiger partial charge in [-0.1, -0.05) is 0 Å². The fraction of sp³-hybridized carbons (Fsp3) is 0.571. The van der Waals surface area contributed by atoms with Crippen LogP contribution in [0.3, 0.4) is 0 Å². The zero-order chi connectivity index (χ0) is 13.0. The van der Waals surface area contributed by atoms with Crippen molar-refractivity contribution in [2.24, 2.45) is 0 Å². The van der Waals surface area contributed by atoms with Crippen LogP contribution in [0.1, 0.15) is 5.56 Å². The smallest absolute Gasteiger partial charge is 0.0594 e. The standard InChI is InChI=1S/C14H23N3O/c1-12-11-13(15)3-4-14(12)16(2)5-6-17-7-9-18-10-8-17/h3-4,11H,5-10,15H2,1-2H3. The van der Waals surface area contributed by atoms with Crippen LogP contribution in [0.25, 0.3) is 0 Å². The van der Waals surface area contributed by atoms with Gasteiger partial charge in [-0.2, -0.15) is 0 Å². The first kappa shape index (κ1) is 13.2. The molecule has 18 heavy (non-hydrogen) atoms. The summed E-state index contributed by atoms with van der Waals surface area (Å²) in [5.74, 6) is 0. The number of morpholine rings is 1. The van der Waals surface area contributed by atoms with Gasteiger partial charge in [0.15, 0.2) is 0 Å². The van der Waals surface area contributed by atoms with Gasteiger partial charge < -0.3 is 15.4 Å². The third kappa shape index (κ3) is 3.37. The predicted molar refractivity (Wildman–Crippen MR) is 76.1 cm³/mol. The van der Waals surface area contributed by atoms with Crippen molar-refractivity contribution in [2.45, 2.75) is 6.92 Å². The van der Waals surface area contributed by atoms with Crippen molar-refractivity contribution in [2.75, 3.05) is 57.1 Å². The monoisotopic (exact) mass is 249 g/mol. The van der Waals surface area contributed by atoms with Crippen LogP contribution in [-0.2, 0) is 4.74 Å². The van der Waals surface area contributed by atoms with Gasteiger partial charge >= 0.3 is 0 Å². The summed E-state index contributed by atoms with van der Waals surface area (Å²) in [4.78, 5) is 4.75. The number of ether oxygens (including phenoxy) is 1. The van der Waals surface area contributed by atoms with Crippen molar-refractivity contribution in [3.05, 3.63) is 23.8 Å². The van der Waals surface area contributed by atoms with E-state index in [4.69, 9.17) is 10.5 Å². The Bertz CT molecular complexity index is 389. The first-order chi connectivity index (χ1) is 8.66. The van der Waals surface area contributed by atoms with Crippen LogP contribution >= 0.6 is 0 Å². The van der Waals surface area contributed by atoms with Crippen LogP contribution in [0.2, 0.25) is 0 Å². The molecule has 0 saturated carbocycles. The lowest BCUT2D eigenvalue weighted by Crippen LogP contribution is -2.40. The number of anilines is 2. The minimum Gasteiger partial charge on any atom is -0.399 e. The number of hydrogen-bond acceptors (Lipinski definition) is 4. The number of nitrogens with zero attached hydrogens (tertiary/aromatic N) is 2. The molecule has 1 aromatic rings. The maximum absolute atomic E-state index is 5.78. The molecule has 1 fully saturated rings. The Labute approximate surface area is 109 Å². The lowest BCUT2D eigenvalue weighted by Gasteiger charge is -2.29. The average Bonchev–Trinajstić information content (AvgIpc) is 2.37. The molecule has 0 aliphatic carbocycles. The molecule has 1 aliphatic rings. The molecular formula is C14H23N3O. The van der Waals surface area contributed by atoms with Crippen LogP contribution in [0.15, 0.2) is 18.2 Å². The summed E-state index contributed by atoms with van der Waals surface area (Å²) in [5.41, 5.74) is 9.11. The van der Waals surface area contributed by atoms with Gasteiger partial charge in [0, 0.05) is 44.6 Å². The minimum absolute atomic E-state index is 0.831. The van der Waals surface area contributed by atoms with Crippen molar-refractivity contribution in [1.82, 2.24) is 4.90 Å². The second-order valence-corrected chi connectivity index (χ2v) is 4.92. The van der Waals surface area contributed by atoms with Crippen molar-refractivity contribution in [1.29, 1.82) is 0 Å². The van der Waals surface area contributed by atoms with Gasteiger partial charge in [0.05, 0.1) is 13.2 Å². The summed E-state index contributed by atoms with van der Waals surface area (Å²) in [7, 11) is 2.14. The molecule has 1 heterocycles. The Morgan fingerprint density at radius 1 is 1.33 bits per heavy atom. The number of likely N-dealkylation sites (N-methyl/N-ethyl adjacent to an activating group) is 1. The minimum atomic E-state index is 0.831. The number of aryl methyl sites for hydroxylation is 1. The highest BCUT2D eigenvalue weighted by molar-refractivity contribution is 5.58. The summed E-state index contributed by atoms with van der Waals surface area (Å²) in [6.07, 6.45) is 0. The van der Waals surface area contributed by atoms with Crippen LogP contribution in [0.4, 0.5) is 11.4 Å². The molecule has 0 aromatic heterocycles. The lowest BCUT2D eigenvalue weighted by atomic mass is 10.1. The summed E-state index contributed by atoms with van der Waals surface area (Å²) < 4.78 is 5.35. The van der Waals surface area contributed by atoms with Crippen LogP contribution in [0.5, 0.6) is 0 Å². The normalized spacial score (nSPS) is 16.8. The number of rotatable bonds is 4. The van der Waals surface area contributed by atoms with Crippen LogP contribution < -0.4 is 10.6 Å². The summed E-state index contributed by atoms with van der Waals surface area (Å²) >= 11 is 0. The number of hydrogen-bond donors (Lipinski definition) is 1. The predicted octanol–water partition coefficient (Wildman–Crippen LogP) is 1.35. The molecule has 1 saturated heterocycles. The van der Waals surface area contributed by atoms with Crippen LogP contribution in [-0.4, -0.2) is 51.3 Å². The van der Waals surface area contributed by atoms with Gasteiger partial charge in [0.1, 0.15) is 0 Å². The number of nitrogen functional groups attached to an aromatic ring is 1. The topological polar surface area (TPSA) is 41.7 Å². The summed E-state index contributed by atoms with van der Waals surface area (Å²) in [6, 6.07) is 6.10. The largest absolute Gasteiger partial charge is 0.399 e. The maximum Gasteiger partial charge on any atom is 0.0594 e. The fourth-order valence-electron chi connectivity index (χ4n) is 2.34. The highest BCUT2D eigenvalue weighted by Gasteiger charge is 2.11. The SMILES string of the molecule is Cc1cc(N)ccc1N(C)CCN1CCOCC1. The Morgan fingerprint density at radius 2 is 2.06 bits per heavy atom. The van der Waals surface area contributed by atoms with Gasteiger partial charge in [-0.15, -0.1) is 0 Å². The molecule has 0 bridgehead atoms. The van der Waals surface area contributed by atoms with Crippen LogP contribution in [0, 0.1) is 6.92 Å². The maximum atomic E-state index is 5.78. The summed E-state index contributed by atoms with van der Waals surface area (Å²) in [5, 5.41) is 0. The quantitative estimate of drug-likeness (QED) is 0.818. The molecule has 1 aliphatic heterocycles. The number of nitrogens with two attached hydrogens (primary N) is 1.